The van der Waals surface area contributed by atoms with Crippen molar-refractivity contribution in [3.63, 3.8) is 0 Å². The molecule has 0 saturated carbocycles. The monoisotopic (exact) mass is 175 g/mol. The van der Waals surface area contributed by atoms with Gasteiger partial charge in [0.15, 0.2) is 0 Å². The van der Waals surface area contributed by atoms with Crippen molar-refractivity contribution in [3.8, 4) is 0 Å². The van der Waals surface area contributed by atoms with Gasteiger partial charge in [0.1, 0.15) is 5.51 Å². The van der Waals surface area contributed by atoms with Crippen LogP contribution in [-0.4, -0.2) is 21.3 Å². The second kappa shape index (κ2) is 5.60. The van der Waals surface area contributed by atoms with Crippen LogP contribution in [0.15, 0.2) is 5.51 Å². The van der Waals surface area contributed by atoms with E-state index in [0.717, 1.165) is 0 Å². The highest BCUT2D eigenvalue weighted by molar-refractivity contribution is 7.13. The summed E-state index contributed by atoms with van der Waals surface area (Å²) in [4.78, 5) is 9.37. The number of carboxylic acids is 1. The summed E-state index contributed by atoms with van der Waals surface area (Å²) < 4.78 is 0. The van der Waals surface area contributed by atoms with Crippen molar-refractivity contribution in [2.75, 3.05) is 5.73 Å². The Morgan fingerprint density at radius 1 is 1.91 bits per heavy atom. The summed E-state index contributed by atoms with van der Waals surface area (Å²) in [6.45, 7) is 1.60. The fourth-order valence-electron chi connectivity index (χ4n) is 0.182. The van der Waals surface area contributed by atoms with Crippen molar-refractivity contribution in [3.05, 3.63) is 5.51 Å². The van der Waals surface area contributed by atoms with Crippen LogP contribution in [0, 0.1) is 0 Å². The molecule has 0 atom stereocenters. The Labute approximate surface area is 67.9 Å². The summed E-state index contributed by atoms with van der Waals surface area (Å²) in [5, 5.41) is 15.2. The van der Waals surface area contributed by atoms with Gasteiger partial charge in [-0.1, -0.05) is 18.3 Å². The van der Waals surface area contributed by atoms with Crippen molar-refractivity contribution in [1.82, 2.24) is 10.2 Å². The molecule has 0 fully saturated rings. The standard InChI is InChI=1S/C3H6O2.C2H3N3S/c1-2-3(4)5;3-2-5-4-1-6-2/h2H2,1H3,(H,4,5);1H,(H2,3,5). The van der Waals surface area contributed by atoms with Crippen molar-refractivity contribution < 1.29 is 9.90 Å². The zero-order valence-corrected chi connectivity index (χ0v) is 6.84. The van der Waals surface area contributed by atoms with Gasteiger partial charge in [0.05, 0.1) is 0 Å². The molecule has 5 nitrogen and oxygen atoms in total. The topological polar surface area (TPSA) is 89.1 Å². The molecule has 0 aromatic carbocycles. The third kappa shape index (κ3) is 6.72. The highest BCUT2D eigenvalue weighted by Crippen LogP contribution is 1.98. The molecule has 0 aliphatic carbocycles. The third-order valence-corrected chi connectivity index (χ3v) is 1.20. The Bertz CT molecular complexity index is 200. The minimum absolute atomic E-state index is 0.222. The van der Waals surface area contributed by atoms with Crippen molar-refractivity contribution in [2.24, 2.45) is 0 Å². The molecule has 62 valence electrons. The number of carboxylic acid groups (broad SMARTS) is 1. The van der Waals surface area contributed by atoms with E-state index < -0.39 is 5.97 Å². The molecule has 0 radical (unpaired) electrons. The lowest BCUT2D eigenvalue weighted by Crippen LogP contribution is -1.86. The Morgan fingerprint density at radius 3 is 2.55 bits per heavy atom. The molecule has 0 aliphatic rings. The van der Waals surface area contributed by atoms with E-state index >= 15 is 0 Å². The van der Waals surface area contributed by atoms with E-state index in [1.54, 1.807) is 12.4 Å². The minimum atomic E-state index is -0.745. The number of anilines is 1. The number of nitrogens with zero attached hydrogens (tertiary/aromatic N) is 2. The molecule has 1 rings (SSSR count). The number of nitrogen functional groups attached to an aromatic ring is 1. The van der Waals surface area contributed by atoms with Crippen LogP contribution in [0.1, 0.15) is 13.3 Å². The summed E-state index contributed by atoms with van der Waals surface area (Å²) in [6.07, 6.45) is 0.222. The van der Waals surface area contributed by atoms with Crippen molar-refractivity contribution in [2.45, 2.75) is 13.3 Å². The van der Waals surface area contributed by atoms with Gasteiger partial charge in [0, 0.05) is 6.42 Å². The summed E-state index contributed by atoms with van der Waals surface area (Å²) in [6, 6.07) is 0. The van der Waals surface area contributed by atoms with Crippen LogP contribution < -0.4 is 5.73 Å². The van der Waals surface area contributed by atoms with E-state index in [9.17, 15) is 4.79 Å². The van der Waals surface area contributed by atoms with E-state index in [2.05, 4.69) is 10.2 Å². The molecule has 1 aromatic rings. The molecule has 11 heavy (non-hydrogen) atoms. The Balaban J connectivity index is 0.000000187. The predicted octanol–water partition coefficient (Wildman–Crippen LogP) is 0.601. The zero-order valence-electron chi connectivity index (χ0n) is 6.02. The van der Waals surface area contributed by atoms with Crippen LogP contribution in [0.5, 0.6) is 0 Å². The first kappa shape index (κ1) is 9.83. The van der Waals surface area contributed by atoms with Crippen LogP contribution in [0.25, 0.3) is 0 Å². The molecule has 0 saturated heterocycles. The van der Waals surface area contributed by atoms with Crippen molar-refractivity contribution >= 4 is 22.4 Å². The number of aromatic nitrogens is 2. The number of aliphatic carboxylic acids is 1. The second-order valence-electron chi connectivity index (χ2n) is 1.52. The molecule has 1 heterocycles. The SMILES string of the molecule is CCC(=O)O.Nc1nncs1. The maximum atomic E-state index is 9.37. The maximum Gasteiger partial charge on any atom is 0.303 e. The smallest absolute Gasteiger partial charge is 0.303 e. The highest BCUT2D eigenvalue weighted by Gasteiger charge is 1.80. The van der Waals surface area contributed by atoms with Crippen LogP contribution in [0.3, 0.4) is 0 Å². The van der Waals surface area contributed by atoms with Gasteiger partial charge in [0.2, 0.25) is 5.13 Å². The summed E-state index contributed by atoms with van der Waals surface area (Å²) >= 11 is 1.33. The summed E-state index contributed by atoms with van der Waals surface area (Å²) in [7, 11) is 0. The quantitative estimate of drug-likeness (QED) is 0.652. The fraction of sp³-hybridized carbons (Fsp3) is 0.400. The van der Waals surface area contributed by atoms with E-state index in [0.29, 0.717) is 5.13 Å². The van der Waals surface area contributed by atoms with Crippen LogP contribution in [-0.2, 0) is 4.79 Å². The minimum Gasteiger partial charge on any atom is -0.481 e. The van der Waals surface area contributed by atoms with Gasteiger partial charge < -0.3 is 10.8 Å². The third-order valence-electron chi connectivity index (χ3n) is 0.679. The first-order chi connectivity index (χ1) is 5.16. The normalized spacial score (nSPS) is 8.09. The predicted molar refractivity (Wildman–Crippen MR) is 42.2 cm³/mol. The molecule has 6 heteroatoms. The lowest BCUT2D eigenvalue weighted by molar-refractivity contribution is -0.136. The molecule has 0 amide bonds. The van der Waals surface area contributed by atoms with Crippen LogP contribution >= 0.6 is 11.3 Å². The van der Waals surface area contributed by atoms with Gasteiger partial charge in [-0.2, -0.15) is 0 Å². The van der Waals surface area contributed by atoms with E-state index in [1.165, 1.54) is 11.3 Å². The number of carbonyl (C=O) groups is 1. The highest BCUT2D eigenvalue weighted by atomic mass is 32.1. The van der Waals surface area contributed by atoms with E-state index in [1.807, 2.05) is 0 Å². The molecule has 0 spiro atoms. The molecule has 0 unspecified atom stereocenters. The fourth-order valence-corrected chi connectivity index (χ4v) is 0.478. The first-order valence-corrected chi connectivity index (χ1v) is 3.78. The van der Waals surface area contributed by atoms with Gasteiger partial charge in [-0.15, -0.1) is 10.2 Å². The average Bonchev–Trinajstić information content (AvgIpc) is 2.41. The first-order valence-electron chi connectivity index (χ1n) is 2.90. The Kier molecular flexibility index (Phi) is 5.01. The van der Waals surface area contributed by atoms with Gasteiger partial charge in [-0.25, -0.2) is 0 Å². The number of nitrogens with two attached hydrogens (primary N) is 1. The van der Waals surface area contributed by atoms with Gasteiger partial charge >= 0.3 is 5.97 Å². The van der Waals surface area contributed by atoms with E-state index in [4.69, 9.17) is 10.8 Å². The van der Waals surface area contributed by atoms with Gasteiger partial charge in [0.25, 0.3) is 0 Å². The van der Waals surface area contributed by atoms with Crippen LogP contribution in [0.2, 0.25) is 0 Å². The van der Waals surface area contributed by atoms with Crippen molar-refractivity contribution in [1.29, 1.82) is 0 Å². The van der Waals surface area contributed by atoms with Gasteiger partial charge in [-0.05, 0) is 0 Å². The molecule has 0 aliphatic heterocycles. The lowest BCUT2D eigenvalue weighted by atomic mass is 10.5. The lowest BCUT2D eigenvalue weighted by Gasteiger charge is -1.71. The summed E-state index contributed by atoms with van der Waals surface area (Å²) in [5.74, 6) is -0.745. The number of hydrogen-bond acceptors (Lipinski definition) is 5. The largest absolute Gasteiger partial charge is 0.481 e. The zero-order chi connectivity index (χ0) is 8.69. The number of hydrogen-bond donors (Lipinski definition) is 2. The van der Waals surface area contributed by atoms with E-state index in [-0.39, 0.29) is 6.42 Å². The number of rotatable bonds is 1. The second-order valence-corrected chi connectivity index (χ2v) is 2.39. The maximum absolute atomic E-state index is 9.37. The summed E-state index contributed by atoms with van der Waals surface area (Å²) in [5.41, 5.74) is 6.72. The molecule has 0 bridgehead atoms. The Morgan fingerprint density at radius 2 is 2.45 bits per heavy atom. The van der Waals surface area contributed by atoms with Gasteiger partial charge in [-0.3, -0.25) is 4.79 Å². The molecular weight excluding hydrogens is 166 g/mol. The Hall–Kier alpha value is -1.17. The molecular formula is C5H9N3O2S. The molecule has 1 aromatic heterocycles. The van der Waals surface area contributed by atoms with Crippen LogP contribution in [0.4, 0.5) is 5.13 Å². The molecule has 3 N–H and O–H groups in total. The average molecular weight is 175 g/mol.